The number of rotatable bonds is 12. The van der Waals surface area contributed by atoms with Gasteiger partial charge in [-0.25, -0.2) is 0 Å². The van der Waals surface area contributed by atoms with Crippen LogP contribution in [0.2, 0.25) is 0 Å². The first-order valence-electron chi connectivity index (χ1n) is 11.1. The molecule has 2 aromatic rings. The zero-order valence-electron chi connectivity index (χ0n) is 18.5. The van der Waals surface area contributed by atoms with Crippen molar-refractivity contribution >= 4 is 17.4 Å². The molecule has 6 heteroatoms. The summed E-state index contributed by atoms with van der Waals surface area (Å²) in [5.74, 6) is 1.50. The standard InChI is InChI=1S/C25H32N2O4/c1-3-30-23-11-7-6-9-19(23)14-16-27(2)15-8-4-5-10-22(28)20-12-13-24-21(17-20)26-25(29)18-31-24/h6-7,9,11-13,17H,3-5,8,10,14-16,18H2,1-2H3,(H,26,29). The summed E-state index contributed by atoms with van der Waals surface area (Å²) in [6.45, 7) is 4.69. The number of unbranched alkanes of at least 4 members (excludes halogenated alkanes) is 2. The predicted octanol–water partition coefficient (Wildman–Crippen LogP) is 4.33. The summed E-state index contributed by atoms with van der Waals surface area (Å²) < 4.78 is 11.0. The zero-order valence-corrected chi connectivity index (χ0v) is 18.5. The molecule has 166 valence electrons. The number of para-hydroxylation sites is 1. The number of nitrogens with zero attached hydrogens (tertiary/aromatic N) is 1. The number of likely N-dealkylation sites (N-methyl/N-ethyl adjacent to an activating group) is 1. The van der Waals surface area contributed by atoms with Crippen molar-refractivity contribution in [3.63, 3.8) is 0 Å². The van der Waals surface area contributed by atoms with Crippen LogP contribution in [0.4, 0.5) is 5.69 Å². The largest absolute Gasteiger partial charge is 0.494 e. The van der Waals surface area contributed by atoms with E-state index in [1.165, 1.54) is 5.56 Å². The summed E-state index contributed by atoms with van der Waals surface area (Å²) in [4.78, 5) is 26.3. The van der Waals surface area contributed by atoms with Crippen LogP contribution < -0.4 is 14.8 Å². The van der Waals surface area contributed by atoms with Gasteiger partial charge >= 0.3 is 0 Å². The minimum Gasteiger partial charge on any atom is -0.494 e. The first-order chi connectivity index (χ1) is 15.1. The number of ether oxygens (including phenoxy) is 2. The van der Waals surface area contributed by atoms with E-state index in [0.717, 1.165) is 44.5 Å². The van der Waals surface area contributed by atoms with E-state index < -0.39 is 0 Å². The highest BCUT2D eigenvalue weighted by Crippen LogP contribution is 2.29. The van der Waals surface area contributed by atoms with Crippen molar-refractivity contribution in [1.29, 1.82) is 0 Å². The third kappa shape index (κ3) is 6.82. The maximum absolute atomic E-state index is 12.5. The van der Waals surface area contributed by atoms with Crippen LogP contribution in [0.1, 0.15) is 48.5 Å². The number of nitrogens with one attached hydrogen (secondary N) is 1. The average molecular weight is 425 g/mol. The van der Waals surface area contributed by atoms with E-state index >= 15 is 0 Å². The van der Waals surface area contributed by atoms with Gasteiger partial charge in [0.1, 0.15) is 11.5 Å². The molecule has 0 aliphatic carbocycles. The normalized spacial score (nSPS) is 12.8. The summed E-state index contributed by atoms with van der Waals surface area (Å²) >= 11 is 0. The second-order valence-electron chi connectivity index (χ2n) is 7.88. The Balaban J connectivity index is 1.34. The van der Waals surface area contributed by atoms with Crippen LogP contribution in [0.25, 0.3) is 0 Å². The first-order valence-corrected chi connectivity index (χ1v) is 11.1. The molecule has 0 bridgehead atoms. The Labute approximate surface area is 184 Å². The van der Waals surface area contributed by atoms with Gasteiger partial charge < -0.3 is 19.7 Å². The van der Waals surface area contributed by atoms with Gasteiger partial charge in [-0.3, -0.25) is 9.59 Å². The Bertz CT molecular complexity index is 897. The summed E-state index contributed by atoms with van der Waals surface area (Å²) in [6, 6.07) is 13.4. The zero-order chi connectivity index (χ0) is 22.1. The van der Waals surface area contributed by atoms with Gasteiger partial charge in [0.05, 0.1) is 12.3 Å². The summed E-state index contributed by atoms with van der Waals surface area (Å²) in [6.07, 6.45) is 4.41. The minimum absolute atomic E-state index is 0.0216. The van der Waals surface area contributed by atoms with Crippen molar-refractivity contribution in [2.24, 2.45) is 0 Å². The van der Waals surface area contributed by atoms with Crippen molar-refractivity contribution in [1.82, 2.24) is 4.90 Å². The van der Waals surface area contributed by atoms with Gasteiger partial charge in [-0.15, -0.1) is 0 Å². The van der Waals surface area contributed by atoms with Crippen LogP contribution in [-0.4, -0.2) is 49.9 Å². The molecule has 1 N–H and O–H groups in total. The van der Waals surface area contributed by atoms with E-state index in [1.807, 2.05) is 19.1 Å². The SMILES string of the molecule is CCOc1ccccc1CCN(C)CCCCCC(=O)c1ccc2c(c1)NC(=O)CO2. The van der Waals surface area contributed by atoms with Crippen molar-refractivity contribution in [2.45, 2.75) is 39.0 Å². The second kappa shape index (κ2) is 11.5. The third-order valence-electron chi connectivity index (χ3n) is 5.41. The predicted molar refractivity (Wildman–Crippen MR) is 122 cm³/mol. The number of amides is 1. The van der Waals surface area contributed by atoms with Gasteiger partial charge in [0.25, 0.3) is 5.91 Å². The van der Waals surface area contributed by atoms with E-state index in [9.17, 15) is 9.59 Å². The fourth-order valence-electron chi connectivity index (χ4n) is 3.67. The maximum atomic E-state index is 12.5. The number of hydrogen-bond acceptors (Lipinski definition) is 5. The molecule has 0 saturated heterocycles. The van der Waals surface area contributed by atoms with Crippen LogP contribution in [0.3, 0.4) is 0 Å². The van der Waals surface area contributed by atoms with Gasteiger partial charge in [0.15, 0.2) is 12.4 Å². The number of hydrogen-bond donors (Lipinski definition) is 1. The van der Waals surface area contributed by atoms with Gasteiger partial charge in [0.2, 0.25) is 0 Å². The lowest BCUT2D eigenvalue weighted by Crippen LogP contribution is -2.25. The summed E-state index contributed by atoms with van der Waals surface area (Å²) in [7, 11) is 2.14. The number of carbonyl (C=O) groups excluding carboxylic acids is 2. The molecule has 3 rings (SSSR count). The lowest BCUT2D eigenvalue weighted by Gasteiger charge is -2.18. The topological polar surface area (TPSA) is 67.9 Å². The fourth-order valence-corrected chi connectivity index (χ4v) is 3.67. The quantitative estimate of drug-likeness (QED) is 0.406. The Morgan fingerprint density at radius 2 is 1.97 bits per heavy atom. The second-order valence-corrected chi connectivity index (χ2v) is 7.88. The molecule has 0 saturated carbocycles. The van der Waals surface area contributed by atoms with Gasteiger partial charge in [-0.05, 0) is 69.6 Å². The number of anilines is 1. The monoisotopic (exact) mass is 424 g/mol. The Morgan fingerprint density at radius 3 is 2.81 bits per heavy atom. The molecule has 0 unspecified atom stereocenters. The molecule has 0 fully saturated rings. The van der Waals surface area contributed by atoms with Gasteiger partial charge in [-0.1, -0.05) is 24.6 Å². The molecule has 1 aliphatic rings. The van der Waals surface area contributed by atoms with E-state index in [1.54, 1.807) is 18.2 Å². The molecule has 0 radical (unpaired) electrons. The maximum Gasteiger partial charge on any atom is 0.262 e. The minimum atomic E-state index is -0.192. The Hall–Kier alpha value is -2.86. The first kappa shape index (κ1) is 22.8. The summed E-state index contributed by atoms with van der Waals surface area (Å²) in [5, 5.41) is 2.75. The lowest BCUT2D eigenvalue weighted by molar-refractivity contribution is -0.118. The number of ketones is 1. The molecule has 1 amide bonds. The Morgan fingerprint density at radius 1 is 1.13 bits per heavy atom. The molecular weight excluding hydrogens is 392 g/mol. The highest BCUT2D eigenvalue weighted by atomic mass is 16.5. The van der Waals surface area contributed by atoms with Crippen LogP contribution in [-0.2, 0) is 11.2 Å². The molecule has 0 aromatic heterocycles. The number of Topliss-reactive ketones (excluding diaryl/α,β-unsaturated/α-hetero) is 1. The van der Waals surface area contributed by atoms with E-state index in [2.05, 4.69) is 29.4 Å². The highest BCUT2D eigenvalue weighted by molar-refractivity contribution is 6.00. The molecule has 1 heterocycles. The van der Waals surface area contributed by atoms with Crippen molar-refractivity contribution in [2.75, 3.05) is 38.7 Å². The van der Waals surface area contributed by atoms with Crippen molar-refractivity contribution in [3.8, 4) is 11.5 Å². The fraction of sp³-hybridized carbons (Fsp3) is 0.440. The van der Waals surface area contributed by atoms with Crippen molar-refractivity contribution in [3.05, 3.63) is 53.6 Å². The van der Waals surface area contributed by atoms with E-state index in [0.29, 0.717) is 30.0 Å². The van der Waals surface area contributed by atoms with E-state index in [4.69, 9.17) is 9.47 Å². The molecule has 6 nitrogen and oxygen atoms in total. The van der Waals surface area contributed by atoms with Gasteiger partial charge in [0, 0.05) is 18.5 Å². The van der Waals surface area contributed by atoms with Crippen molar-refractivity contribution < 1.29 is 19.1 Å². The van der Waals surface area contributed by atoms with Crippen LogP contribution in [0.5, 0.6) is 11.5 Å². The molecule has 31 heavy (non-hydrogen) atoms. The molecule has 2 aromatic carbocycles. The molecule has 0 spiro atoms. The third-order valence-corrected chi connectivity index (χ3v) is 5.41. The van der Waals surface area contributed by atoms with Crippen LogP contribution >= 0.6 is 0 Å². The number of benzene rings is 2. The highest BCUT2D eigenvalue weighted by Gasteiger charge is 2.17. The average Bonchev–Trinajstić information content (AvgIpc) is 2.77. The smallest absolute Gasteiger partial charge is 0.262 e. The molecule has 0 atom stereocenters. The molecular formula is C25H32N2O4. The molecule has 1 aliphatic heterocycles. The number of fused-ring (bicyclic) bond motifs is 1. The van der Waals surface area contributed by atoms with Crippen LogP contribution in [0.15, 0.2) is 42.5 Å². The number of carbonyl (C=O) groups is 2. The van der Waals surface area contributed by atoms with Gasteiger partial charge in [-0.2, -0.15) is 0 Å². The summed E-state index contributed by atoms with van der Waals surface area (Å²) in [5.41, 5.74) is 2.44. The Kier molecular flexibility index (Phi) is 8.47. The van der Waals surface area contributed by atoms with Crippen LogP contribution in [0, 0.1) is 0 Å². The van der Waals surface area contributed by atoms with E-state index in [-0.39, 0.29) is 18.3 Å². The lowest BCUT2D eigenvalue weighted by atomic mass is 10.0.